The van der Waals surface area contributed by atoms with Crippen molar-refractivity contribution in [2.24, 2.45) is 14.1 Å². The van der Waals surface area contributed by atoms with Gasteiger partial charge in [-0.2, -0.15) is 18.2 Å². The first-order valence-corrected chi connectivity index (χ1v) is 7.95. The van der Waals surface area contributed by atoms with Gasteiger partial charge in [0, 0.05) is 31.7 Å². The number of alkyl halides is 3. The predicted molar refractivity (Wildman–Crippen MR) is 92.2 cm³/mol. The van der Waals surface area contributed by atoms with Crippen molar-refractivity contribution in [3.05, 3.63) is 62.6 Å². The Morgan fingerprint density at radius 3 is 2.44 bits per heavy atom. The zero-order chi connectivity index (χ0) is 19.7. The highest BCUT2D eigenvalue weighted by molar-refractivity contribution is 5.76. The third-order valence-corrected chi connectivity index (χ3v) is 4.57. The lowest BCUT2D eigenvalue weighted by molar-refractivity contribution is -0.137. The molecule has 1 aromatic carbocycles. The Kier molecular flexibility index (Phi) is 3.39. The standard InChI is InChI=1S/C17H14F3N5O2/c1-9-8-24-12-13(22(2)16(27)23(3)14(12)26)21-15(24)25(9)11-6-4-5-10(7-11)17(18,19)20/h4-8H,1-3H3. The monoisotopic (exact) mass is 377 g/mol. The average Bonchev–Trinajstić information content (AvgIpc) is 3.12. The maximum atomic E-state index is 13.1. The smallest absolute Gasteiger partial charge is 0.283 e. The molecule has 4 rings (SSSR count). The molecule has 0 aliphatic carbocycles. The quantitative estimate of drug-likeness (QED) is 0.510. The lowest BCUT2D eigenvalue weighted by atomic mass is 10.2. The lowest BCUT2D eigenvalue weighted by Crippen LogP contribution is -2.37. The maximum Gasteiger partial charge on any atom is 0.416 e. The van der Waals surface area contributed by atoms with Gasteiger partial charge in [-0.1, -0.05) is 6.07 Å². The molecule has 0 radical (unpaired) electrons. The fourth-order valence-electron chi connectivity index (χ4n) is 3.23. The molecular weight excluding hydrogens is 363 g/mol. The third kappa shape index (κ3) is 2.32. The van der Waals surface area contributed by atoms with Crippen LogP contribution in [-0.2, 0) is 20.3 Å². The molecule has 3 heterocycles. The summed E-state index contributed by atoms with van der Waals surface area (Å²) in [4.78, 5) is 29.0. The molecule has 3 aromatic heterocycles. The molecule has 7 nitrogen and oxygen atoms in total. The highest BCUT2D eigenvalue weighted by Gasteiger charge is 2.31. The van der Waals surface area contributed by atoms with Crippen LogP contribution in [0.25, 0.3) is 22.6 Å². The Morgan fingerprint density at radius 2 is 1.78 bits per heavy atom. The van der Waals surface area contributed by atoms with E-state index in [9.17, 15) is 22.8 Å². The Bertz CT molecular complexity index is 1340. The number of rotatable bonds is 1. The summed E-state index contributed by atoms with van der Waals surface area (Å²) < 4.78 is 44.4. The minimum atomic E-state index is -4.48. The summed E-state index contributed by atoms with van der Waals surface area (Å²) in [6.07, 6.45) is -2.87. The molecule has 0 spiro atoms. The number of nitrogens with zero attached hydrogens (tertiary/aromatic N) is 5. The number of imidazole rings is 2. The minimum absolute atomic E-state index is 0.166. The van der Waals surface area contributed by atoms with E-state index >= 15 is 0 Å². The molecule has 0 aliphatic rings. The normalized spacial score (nSPS) is 12.4. The number of aromatic nitrogens is 5. The van der Waals surface area contributed by atoms with E-state index in [1.54, 1.807) is 13.1 Å². The third-order valence-electron chi connectivity index (χ3n) is 4.57. The topological polar surface area (TPSA) is 66.2 Å². The van der Waals surface area contributed by atoms with E-state index in [1.165, 1.54) is 39.8 Å². The molecule has 10 heteroatoms. The molecular formula is C17H14F3N5O2. The second-order valence-electron chi connectivity index (χ2n) is 6.31. The molecule has 0 unspecified atom stereocenters. The molecule has 0 bridgehead atoms. The zero-order valence-corrected chi connectivity index (χ0v) is 14.6. The van der Waals surface area contributed by atoms with E-state index in [4.69, 9.17) is 0 Å². The first kappa shape index (κ1) is 17.1. The Labute approximate surface area is 149 Å². The summed E-state index contributed by atoms with van der Waals surface area (Å²) in [6, 6.07) is 4.84. The summed E-state index contributed by atoms with van der Waals surface area (Å²) >= 11 is 0. The van der Waals surface area contributed by atoms with Gasteiger partial charge >= 0.3 is 11.9 Å². The van der Waals surface area contributed by atoms with Crippen LogP contribution in [-0.4, -0.2) is 23.1 Å². The van der Waals surface area contributed by atoms with Gasteiger partial charge in [0.05, 0.1) is 5.56 Å². The summed E-state index contributed by atoms with van der Waals surface area (Å²) in [5.41, 5.74) is -0.644. The fraction of sp³-hybridized carbons (Fsp3) is 0.235. The maximum absolute atomic E-state index is 13.1. The van der Waals surface area contributed by atoms with Gasteiger partial charge < -0.3 is 0 Å². The Hall–Kier alpha value is -3.30. The van der Waals surface area contributed by atoms with Crippen LogP contribution in [0.5, 0.6) is 0 Å². The molecule has 0 saturated heterocycles. The summed E-state index contributed by atoms with van der Waals surface area (Å²) in [7, 11) is 2.85. The first-order chi connectivity index (χ1) is 12.6. The number of aryl methyl sites for hydroxylation is 2. The molecule has 0 N–H and O–H groups in total. The molecule has 0 aliphatic heterocycles. The van der Waals surface area contributed by atoms with Crippen LogP contribution in [0.2, 0.25) is 0 Å². The highest BCUT2D eigenvalue weighted by atomic mass is 19.4. The number of hydrogen-bond donors (Lipinski definition) is 0. The predicted octanol–water partition coefficient (Wildman–Crippen LogP) is 2.00. The van der Waals surface area contributed by atoms with E-state index in [1.807, 2.05) is 0 Å². The van der Waals surface area contributed by atoms with Crippen LogP contribution in [0.15, 0.2) is 40.1 Å². The molecule has 0 amide bonds. The summed E-state index contributed by atoms with van der Waals surface area (Å²) in [5, 5.41) is 0. The lowest BCUT2D eigenvalue weighted by Gasteiger charge is -2.10. The highest BCUT2D eigenvalue weighted by Crippen LogP contribution is 2.31. The van der Waals surface area contributed by atoms with Gasteiger partial charge in [0.2, 0.25) is 5.78 Å². The van der Waals surface area contributed by atoms with Crippen molar-refractivity contribution in [1.82, 2.24) is 23.1 Å². The molecule has 0 saturated carbocycles. The molecule has 0 atom stereocenters. The fourth-order valence-corrected chi connectivity index (χ4v) is 3.23. The van der Waals surface area contributed by atoms with Gasteiger partial charge in [-0.05, 0) is 25.1 Å². The van der Waals surface area contributed by atoms with Crippen molar-refractivity contribution in [2.45, 2.75) is 13.1 Å². The van der Waals surface area contributed by atoms with Gasteiger partial charge in [0.25, 0.3) is 5.56 Å². The van der Waals surface area contributed by atoms with Crippen molar-refractivity contribution in [3.8, 4) is 5.69 Å². The van der Waals surface area contributed by atoms with Crippen molar-refractivity contribution < 1.29 is 13.2 Å². The number of hydrogen-bond acceptors (Lipinski definition) is 3. The molecule has 0 fully saturated rings. The van der Waals surface area contributed by atoms with Crippen LogP contribution >= 0.6 is 0 Å². The minimum Gasteiger partial charge on any atom is -0.283 e. The van der Waals surface area contributed by atoms with Crippen LogP contribution in [0.3, 0.4) is 0 Å². The van der Waals surface area contributed by atoms with Crippen molar-refractivity contribution in [3.63, 3.8) is 0 Å². The van der Waals surface area contributed by atoms with Gasteiger partial charge in [0.1, 0.15) is 0 Å². The Balaban J connectivity index is 2.11. The number of benzene rings is 1. The van der Waals surface area contributed by atoms with E-state index in [2.05, 4.69) is 4.98 Å². The molecule has 27 heavy (non-hydrogen) atoms. The van der Waals surface area contributed by atoms with Gasteiger partial charge in [-0.3, -0.25) is 22.9 Å². The van der Waals surface area contributed by atoms with Crippen LogP contribution in [0.1, 0.15) is 11.3 Å². The number of halogens is 3. The van der Waals surface area contributed by atoms with Crippen molar-refractivity contribution >= 4 is 16.9 Å². The van der Waals surface area contributed by atoms with Crippen LogP contribution in [0.4, 0.5) is 13.2 Å². The van der Waals surface area contributed by atoms with Crippen molar-refractivity contribution in [1.29, 1.82) is 0 Å². The average molecular weight is 377 g/mol. The van der Waals surface area contributed by atoms with E-state index in [0.29, 0.717) is 5.69 Å². The number of fused-ring (bicyclic) bond motifs is 3. The summed E-state index contributed by atoms with van der Waals surface area (Å²) in [5.74, 6) is 0.250. The Morgan fingerprint density at radius 1 is 1.07 bits per heavy atom. The molecule has 140 valence electrons. The SMILES string of the molecule is Cc1cn2c3c(=O)n(C)c(=O)n(C)c3nc2n1-c1cccc(C(F)(F)F)c1. The van der Waals surface area contributed by atoms with Gasteiger partial charge in [-0.15, -0.1) is 0 Å². The second-order valence-corrected chi connectivity index (χ2v) is 6.31. The van der Waals surface area contributed by atoms with Crippen LogP contribution < -0.4 is 11.2 Å². The second kappa shape index (κ2) is 5.35. The van der Waals surface area contributed by atoms with Crippen LogP contribution in [0, 0.1) is 6.92 Å². The van der Waals surface area contributed by atoms with E-state index < -0.39 is 23.0 Å². The van der Waals surface area contributed by atoms with Gasteiger partial charge in [0.15, 0.2) is 11.2 Å². The van der Waals surface area contributed by atoms with Gasteiger partial charge in [-0.25, -0.2) is 4.79 Å². The first-order valence-electron chi connectivity index (χ1n) is 7.95. The van der Waals surface area contributed by atoms with E-state index in [0.717, 1.165) is 16.7 Å². The van der Waals surface area contributed by atoms with E-state index in [-0.39, 0.29) is 22.6 Å². The summed E-state index contributed by atoms with van der Waals surface area (Å²) in [6.45, 7) is 1.70. The molecule has 4 aromatic rings. The zero-order valence-electron chi connectivity index (χ0n) is 14.6. The van der Waals surface area contributed by atoms with Crippen molar-refractivity contribution in [2.75, 3.05) is 0 Å². The largest absolute Gasteiger partial charge is 0.416 e.